The van der Waals surface area contributed by atoms with Gasteiger partial charge in [-0.2, -0.15) is 0 Å². The molecule has 0 N–H and O–H groups in total. The molecule has 0 amide bonds. The summed E-state index contributed by atoms with van der Waals surface area (Å²) in [5.41, 5.74) is 1.48. The van der Waals surface area contributed by atoms with Crippen molar-refractivity contribution in [2.75, 3.05) is 0 Å². The molecule has 0 fully saturated rings. The van der Waals surface area contributed by atoms with Gasteiger partial charge in [0.25, 0.3) is 6.47 Å². The van der Waals surface area contributed by atoms with Crippen LogP contribution in [0.25, 0.3) is 0 Å². The van der Waals surface area contributed by atoms with Crippen molar-refractivity contribution in [1.29, 1.82) is 0 Å². The fraction of sp³-hybridized carbons (Fsp3) is 0.375. The number of rotatable bonds is 3. The standard InChI is InChI=1S/C8H10N2O2/c1-6-8(7(2)12-5-11)10-4-3-9-6/h3-5,7H,1-2H3. The summed E-state index contributed by atoms with van der Waals surface area (Å²) in [4.78, 5) is 18.1. The molecule has 12 heavy (non-hydrogen) atoms. The maximum Gasteiger partial charge on any atom is 0.293 e. The SMILES string of the molecule is Cc1nccnc1C(C)OC=O. The second kappa shape index (κ2) is 3.80. The lowest BCUT2D eigenvalue weighted by Gasteiger charge is -2.09. The molecular formula is C8H10N2O2. The minimum atomic E-state index is -0.323. The topological polar surface area (TPSA) is 52.1 Å². The van der Waals surface area contributed by atoms with E-state index in [1.54, 1.807) is 19.3 Å². The monoisotopic (exact) mass is 166 g/mol. The van der Waals surface area contributed by atoms with Gasteiger partial charge in [0.05, 0.1) is 5.69 Å². The van der Waals surface area contributed by atoms with Crippen LogP contribution in [-0.4, -0.2) is 16.4 Å². The summed E-state index contributed by atoms with van der Waals surface area (Å²) in [6.07, 6.45) is 2.86. The van der Waals surface area contributed by atoms with Gasteiger partial charge >= 0.3 is 0 Å². The Morgan fingerprint density at radius 1 is 1.50 bits per heavy atom. The van der Waals surface area contributed by atoms with Gasteiger partial charge in [0.2, 0.25) is 0 Å². The third-order valence-electron chi connectivity index (χ3n) is 1.56. The Kier molecular flexibility index (Phi) is 2.74. The first-order valence-electron chi connectivity index (χ1n) is 3.62. The van der Waals surface area contributed by atoms with Gasteiger partial charge in [0, 0.05) is 12.4 Å². The third kappa shape index (κ3) is 1.78. The van der Waals surface area contributed by atoms with Crippen LogP contribution in [0.15, 0.2) is 12.4 Å². The molecule has 1 atom stereocenters. The maximum absolute atomic E-state index is 10.0. The van der Waals surface area contributed by atoms with E-state index in [0.717, 1.165) is 5.69 Å². The number of aryl methyl sites for hydroxylation is 1. The highest BCUT2D eigenvalue weighted by Gasteiger charge is 2.09. The number of aromatic nitrogens is 2. The summed E-state index contributed by atoms with van der Waals surface area (Å²) >= 11 is 0. The minimum absolute atomic E-state index is 0.323. The van der Waals surface area contributed by atoms with Crippen molar-refractivity contribution in [2.45, 2.75) is 20.0 Å². The molecule has 1 aromatic heterocycles. The number of nitrogens with zero attached hydrogens (tertiary/aromatic N) is 2. The lowest BCUT2D eigenvalue weighted by Crippen LogP contribution is -2.04. The number of ether oxygens (including phenoxy) is 1. The van der Waals surface area contributed by atoms with E-state index < -0.39 is 0 Å². The first kappa shape index (κ1) is 8.64. The second-order valence-electron chi connectivity index (χ2n) is 2.40. The highest BCUT2D eigenvalue weighted by Crippen LogP contribution is 2.14. The van der Waals surface area contributed by atoms with Crippen LogP contribution in [0.5, 0.6) is 0 Å². The molecule has 1 aromatic rings. The average Bonchev–Trinajstić information content (AvgIpc) is 2.05. The molecule has 0 bridgehead atoms. The quantitative estimate of drug-likeness (QED) is 0.629. The van der Waals surface area contributed by atoms with E-state index in [2.05, 4.69) is 9.97 Å². The van der Waals surface area contributed by atoms with Crippen molar-refractivity contribution in [3.8, 4) is 0 Å². The molecule has 4 nitrogen and oxygen atoms in total. The average molecular weight is 166 g/mol. The van der Waals surface area contributed by atoms with Gasteiger partial charge in [0.15, 0.2) is 0 Å². The summed E-state index contributed by atoms with van der Waals surface area (Å²) in [6.45, 7) is 4.00. The molecule has 4 heteroatoms. The van der Waals surface area contributed by atoms with E-state index in [1.165, 1.54) is 0 Å². The van der Waals surface area contributed by atoms with Crippen LogP contribution < -0.4 is 0 Å². The van der Waals surface area contributed by atoms with Gasteiger partial charge in [0.1, 0.15) is 11.8 Å². The minimum Gasteiger partial charge on any atom is -0.458 e. The van der Waals surface area contributed by atoms with E-state index >= 15 is 0 Å². The van der Waals surface area contributed by atoms with Crippen LogP contribution in [0.2, 0.25) is 0 Å². The maximum atomic E-state index is 10.0. The zero-order valence-electron chi connectivity index (χ0n) is 7.02. The Morgan fingerprint density at radius 2 is 2.17 bits per heavy atom. The molecule has 64 valence electrons. The first-order chi connectivity index (χ1) is 5.75. The van der Waals surface area contributed by atoms with Gasteiger partial charge in [-0.3, -0.25) is 14.8 Å². The van der Waals surface area contributed by atoms with E-state index in [1.807, 2.05) is 6.92 Å². The van der Waals surface area contributed by atoms with Crippen molar-refractivity contribution in [3.63, 3.8) is 0 Å². The zero-order valence-corrected chi connectivity index (χ0v) is 7.02. The Morgan fingerprint density at radius 3 is 2.75 bits per heavy atom. The van der Waals surface area contributed by atoms with Gasteiger partial charge in [-0.1, -0.05) is 0 Å². The Labute approximate surface area is 70.6 Å². The molecule has 0 aliphatic rings. The fourth-order valence-corrected chi connectivity index (χ4v) is 0.965. The molecule has 0 saturated heterocycles. The van der Waals surface area contributed by atoms with Crippen molar-refractivity contribution >= 4 is 6.47 Å². The Balaban J connectivity index is 2.86. The highest BCUT2D eigenvalue weighted by molar-refractivity contribution is 5.38. The summed E-state index contributed by atoms with van der Waals surface area (Å²) < 4.78 is 4.73. The van der Waals surface area contributed by atoms with E-state index in [0.29, 0.717) is 12.2 Å². The normalized spacial score (nSPS) is 12.2. The molecule has 0 aliphatic carbocycles. The number of carbonyl (C=O) groups excluding carboxylic acids is 1. The van der Waals surface area contributed by atoms with E-state index in [9.17, 15) is 4.79 Å². The summed E-state index contributed by atoms with van der Waals surface area (Å²) in [7, 11) is 0. The van der Waals surface area contributed by atoms with Crippen LogP contribution in [-0.2, 0) is 9.53 Å². The molecule has 0 aromatic carbocycles. The molecular weight excluding hydrogens is 156 g/mol. The van der Waals surface area contributed by atoms with Crippen molar-refractivity contribution in [2.24, 2.45) is 0 Å². The molecule has 0 radical (unpaired) electrons. The van der Waals surface area contributed by atoms with Gasteiger partial charge in [-0.25, -0.2) is 0 Å². The molecule has 1 heterocycles. The van der Waals surface area contributed by atoms with Gasteiger partial charge in [-0.05, 0) is 13.8 Å². The lowest BCUT2D eigenvalue weighted by molar-refractivity contribution is -0.133. The molecule has 0 spiro atoms. The molecule has 0 saturated carbocycles. The fourth-order valence-electron chi connectivity index (χ4n) is 0.965. The van der Waals surface area contributed by atoms with Crippen LogP contribution in [0.3, 0.4) is 0 Å². The van der Waals surface area contributed by atoms with E-state index in [-0.39, 0.29) is 6.10 Å². The van der Waals surface area contributed by atoms with Crippen molar-refractivity contribution in [1.82, 2.24) is 9.97 Å². The molecule has 0 aliphatic heterocycles. The Bertz CT molecular complexity index is 276. The summed E-state index contributed by atoms with van der Waals surface area (Å²) in [5.74, 6) is 0. The predicted octanol–water partition coefficient (Wildman–Crippen LogP) is 1.02. The van der Waals surface area contributed by atoms with Crippen molar-refractivity contribution < 1.29 is 9.53 Å². The van der Waals surface area contributed by atoms with Crippen LogP contribution in [0, 0.1) is 6.92 Å². The third-order valence-corrected chi connectivity index (χ3v) is 1.56. The summed E-state index contributed by atoms with van der Waals surface area (Å²) in [6, 6.07) is 0. The largest absolute Gasteiger partial charge is 0.458 e. The lowest BCUT2D eigenvalue weighted by atomic mass is 10.2. The Hall–Kier alpha value is -1.45. The molecule has 1 rings (SSSR count). The van der Waals surface area contributed by atoms with Gasteiger partial charge < -0.3 is 4.74 Å². The summed E-state index contributed by atoms with van der Waals surface area (Å²) in [5, 5.41) is 0. The zero-order chi connectivity index (χ0) is 8.97. The number of hydrogen-bond acceptors (Lipinski definition) is 4. The van der Waals surface area contributed by atoms with E-state index in [4.69, 9.17) is 4.74 Å². The van der Waals surface area contributed by atoms with Crippen LogP contribution in [0.1, 0.15) is 24.4 Å². The predicted molar refractivity (Wildman–Crippen MR) is 42.3 cm³/mol. The highest BCUT2D eigenvalue weighted by atomic mass is 16.5. The smallest absolute Gasteiger partial charge is 0.293 e. The molecule has 1 unspecified atom stereocenters. The van der Waals surface area contributed by atoms with Crippen LogP contribution in [0.4, 0.5) is 0 Å². The van der Waals surface area contributed by atoms with Gasteiger partial charge in [-0.15, -0.1) is 0 Å². The van der Waals surface area contributed by atoms with Crippen molar-refractivity contribution in [3.05, 3.63) is 23.8 Å². The first-order valence-corrected chi connectivity index (χ1v) is 3.62. The second-order valence-corrected chi connectivity index (χ2v) is 2.40. The number of carbonyl (C=O) groups is 1. The van der Waals surface area contributed by atoms with Crippen LogP contribution >= 0.6 is 0 Å². The number of hydrogen-bond donors (Lipinski definition) is 0.